The van der Waals surface area contributed by atoms with Gasteiger partial charge in [-0.2, -0.15) is 0 Å². The van der Waals surface area contributed by atoms with Crippen LogP contribution in [0.4, 0.5) is 0 Å². The number of carbonyl (C=O) groups is 1. The van der Waals surface area contributed by atoms with Crippen LogP contribution in [0.25, 0.3) is 0 Å². The topological polar surface area (TPSA) is 47.6 Å². The molecule has 0 saturated carbocycles. The molecule has 1 N–H and O–H groups in total. The van der Waals surface area contributed by atoms with Crippen LogP contribution in [0, 0.1) is 0 Å². The van der Waals surface area contributed by atoms with Gasteiger partial charge in [0.1, 0.15) is 0 Å². The highest BCUT2D eigenvalue weighted by Gasteiger charge is 2.13. The van der Waals surface area contributed by atoms with Crippen molar-refractivity contribution in [1.82, 2.24) is 5.32 Å². The van der Waals surface area contributed by atoms with E-state index in [1.54, 1.807) is 0 Å². The first-order valence-electron chi connectivity index (χ1n) is 5.31. The molecule has 1 saturated heterocycles. The van der Waals surface area contributed by atoms with E-state index in [9.17, 15) is 4.79 Å². The highest BCUT2D eigenvalue weighted by atomic mass is 16.5. The van der Waals surface area contributed by atoms with Crippen LogP contribution in [-0.4, -0.2) is 38.4 Å². The molecule has 1 fully saturated rings. The molecule has 4 nitrogen and oxygen atoms in total. The van der Waals surface area contributed by atoms with Crippen molar-refractivity contribution in [2.45, 2.75) is 32.3 Å². The van der Waals surface area contributed by atoms with Crippen LogP contribution in [0.2, 0.25) is 0 Å². The normalized spacial score (nSPS) is 21.9. The lowest BCUT2D eigenvalue weighted by atomic mass is 10.1. The van der Waals surface area contributed by atoms with Crippen LogP contribution < -0.4 is 5.32 Å². The first-order chi connectivity index (χ1) is 6.83. The molecule has 0 bridgehead atoms. The lowest BCUT2D eigenvalue weighted by Crippen LogP contribution is -2.38. The minimum absolute atomic E-state index is 0.101. The van der Waals surface area contributed by atoms with E-state index in [0.717, 1.165) is 32.5 Å². The molecule has 0 amide bonds. The van der Waals surface area contributed by atoms with Crippen molar-refractivity contribution in [2.24, 2.45) is 0 Å². The molecule has 1 aliphatic rings. The summed E-state index contributed by atoms with van der Waals surface area (Å²) in [6.45, 7) is 4.92. The maximum Gasteiger partial charge on any atom is 0.305 e. The minimum atomic E-state index is -0.101. The van der Waals surface area contributed by atoms with Crippen molar-refractivity contribution in [2.75, 3.05) is 26.3 Å². The van der Waals surface area contributed by atoms with Gasteiger partial charge in [-0.05, 0) is 19.8 Å². The second-order valence-electron chi connectivity index (χ2n) is 3.39. The van der Waals surface area contributed by atoms with E-state index < -0.39 is 0 Å². The molecule has 0 aromatic heterocycles. The van der Waals surface area contributed by atoms with E-state index in [0.29, 0.717) is 13.0 Å². The zero-order valence-corrected chi connectivity index (χ0v) is 8.75. The molecule has 1 unspecified atom stereocenters. The summed E-state index contributed by atoms with van der Waals surface area (Å²) in [4.78, 5) is 11.0. The van der Waals surface area contributed by atoms with Gasteiger partial charge in [0, 0.05) is 19.5 Å². The van der Waals surface area contributed by atoms with E-state index in [4.69, 9.17) is 9.47 Å². The van der Waals surface area contributed by atoms with Gasteiger partial charge in [-0.25, -0.2) is 0 Å². The molecule has 0 aromatic rings. The number of esters is 1. The smallest absolute Gasteiger partial charge is 0.305 e. The van der Waals surface area contributed by atoms with Gasteiger partial charge in [-0.15, -0.1) is 0 Å². The van der Waals surface area contributed by atoms with Crippen LogP contribution in [0.3, 0.4) is 0 Å². The number of carbonyl (C=O) groups excluding carboxylic acids is 1. The fraction of sp³-hybridized carbons (Fsp3) is 0.900. The third kappa shape index (κ3) is 4.58. The zero-order valence-electron chi connectivity index (χ0n) is 8.75. The largest absolute Gasteiger partial charge is 0.466 e. The Hall–Kier alpha value is -0.610. The predicted molar refractivity (Wildman–Crippen MR) is 53.1 cm³/mol. The van der Waals surface area contributed by atoms with E-state index in [1.165, 1.54) is 0 Å². The lowest BCUT2D eigenvalue weighted by molar-refractivity contribution is -0.143. The summed E-state index contributed by atoms with van der Waals surface area (Å²) < 4.78 is 10.3. The second-order valence-corrected chi connectivity index (χ2v) is 3.39. The van der Waals surface area contributed by atoms with Gasteiger partial charge in [0.05, 0.1) is 19.3 Å². The van der Waals surface area contributed by atoms with Gasteiger partial charge in [0.2, 0.25) is 0 Å². The first kappa shape index (κ1) is 11.5. The Morgan fingerprint density at radius 1 is 1.64 bits per heavy atom. The average molecular weight is 201 g/mol. The summed E-state index contributed by atoms with van der Waals surface area (Å²) in [5.41, 5.74) is 0. The van der Waals surface area contributed by atoms with Crippen molar-refractivity contribution < 1.29 is 14.3 Å². The quantitative estimate of drug-likeness (QED) is 0.665. The standard InChI is InChI=1S/C10H19NO3/c1-2-13-10(12)5-3-4-9-8-11-6-7-14-9/h9,11H,2-8H2,1H3. The second kappa shape index (κ2) is 6.79. The van der Waals surface area contributed by atoms with Crippen molar-refractivity contribution in [1.29, 1.82) is 0 Å². The fourth-order valence-electron chi connectivity index (χ4n) is 1.51. The lowest BCUT2D eigenvalue weighted by Gasteiger charge is -2.23. The van der Waals surface area contributed by atoms with Crippen molar-refractivity contribution in [3.8, 4) is 0 Å². The predicted octanol–water partition coefficient (Wildman–Crippen LogP) is 0.708. The molecule has 0 radical (unpaired) electrons. The molecule has 82 valence electrons. The number of rotatable bonds is 5. The van der Waals surface area contributed by atoms with Crippen molar-refractivity contribution in [3.05, 3.63) is 0 Å². The maximum absolute atomic E-state index is 11.0. The fourth-order valence-corrected chi connectivity index (χ4v) is 1.51. The highest BCUT2D eigenvalue weighted by Crippen LogP contribution is 2.07. The summed E-state index contributed by atoms with van der Waals surface area (Å²) in [5.74, 6) is -0.101. The molecular weight excluding hydrogens is 182 g/mol. The van der Waals surface area contributed by atoms with E-state index >= 15 is 0 Å². The van der Waals surface area contributed by atoms with Crippen LogP contribution in [-0.2, 0) is 14.3 Å². The van der Waals surface area contributed by atoms with Gasteiger partial charge in [-0.3, -0.25) is 4.79 Å². The molecule has 14 heavy (non-hydrogen) atoms. The number of morpholine rings is 1. The molecule has 1 aliphatic heterocycles. The van der Waals surface area contributed by atoms with Crippen LogP contribution in [0.1, 0.15) is 26.2 Å². The van der Waals surface area contributed by atoms with Crippen molar-refractivity contribution >= 4 is 5.97 Å². The third-order valence-electron chi connectivity index (χ3n) is 2.22. The summed E-state index contributed by atoms with van der Waals surface area (Å²) in [6, 6.07) is 0. The summed E-state index contributed by atoms with van der Waals surface area (Å²) in [6.07, 6.45) is 2.57. The minimum Gasteiger partial charge on any atom is -0.466 e. The molecule has 1 heterocycles. The first-order valence-corrected chi connectivity index (χ1v) is 5.31. The van der Waals surface area contributed by atoms with Crippen molar-refractivity contribution in [3.63, 3.8) is 0 Å². The average Bonchev–Trinajstić information content (AvgIpc) is 2.20. The number of hydrogen-bond donors (Lipinski definition) is 1. The van der Waals surface area contributed by atoms with Gasteiger partial charge < -0.3 is 14.8 Å². The summed E-state index contributed by atoms with van der Waals surface area (Å²) in [5, 5.41) is 3.26. The SMILES string of the molecule is CCOC(=O)CCCC1CNCCO1. The van der Waals surface area contributed by atoms with E-state index in [1.807, 2.05) is 6.92 Å². The highest BCUT2D eigenvalue weighted by molar-refractivity contribution is 5.69. The number of hydrogen-bond acceptors (Lipinski definition) is 4. The zero-order chi connectivity index (χ0) is 10.2. The molecule has 4 heteroatoms. The van der Waals surface area contributed by atoms with Gasteiger partial charge >= 0.3 is 5.97 Å². The number of nitrogens with one attached hydrogen (secondary N) is 1. The number of ether oxygens (including phenoxy) is 2. The monoisotopic (exact) mass is 201 g/mol. The molecule has 1 atom stereocenters. The Morgan fingerprint density at radius 2 is 2.50 bits per heavy atom. The maximum atomic E-state index is 11.0. The van der Waals surface area contributed by atoms with E-state index in [2.05, 4.69) is 5.32 Å². The molecule has 0 aromatic carbocycles. The van der Waals surface area contributed by atoms with Gasteiger partial charge in [-0.1, -0.05) is 0 Å². The Kier molecular flexibility index (Phi) is 5.56. The molecular formula is C10H19NO3. The summed E-state index contributed by atoms with van der Waals surface area (Å²) in [7, 11) is 0. The Labute approximate surface area is 85.0 Å². The Morgan fingerprint density at radius 3 is 3.14 bits per heavy atom. The van der Waals surface area contributed by atoms with Crippen LogP contribution >= 0.6 is 0 Å². The Balaban J connectivity index is 1.99. The van der Waals surface area contributed by atoms with Crippen LogP contribution in [0.5, 0.6) is 0 Å². The van der Waals surface area contributed by atoms with Gasteiger partial charge in [0.15, 0.2) is 0 Å². The molecule has 0 aliphatic carbocycles. The van der Waals surface area contributed by atoms with Gasteiger partial charge in [0.25, 0.3) is 0 Å². The molecule has 1 rings (SSSR count). The Bertz CT molecular complexity index is 167. The summed E-state index contributed by atoms with van der Waals surface area (Å²) >= 11 is 0. The van der Waals surface area contributed by atoms with Crippen LogP contribution in [0.15, 0.2) is 0 Å². The third-order valence-corrected chi connectivity index (χ3v) is 2.22. The molecule has 0 spiro atoms. The van der Waals surface area contributed by atoms with E-state index in [-0.39, 0.29) is 12.1 Å².